The van der Waals surface area contributed by atoms with Gasteiger partial charge in [0.05, 0.1) is 18.0 Å². The highest BCUT2D eigenvalue weighted by atomic mass is 79.9. The van der Waals surface area contributed by atoms with Crippen LogP contribution in [0.4, 0.5) is 5.69 Å². The number of likely N-dealkylation sites (N-methyl/N-ethyl adjacent to an activating group) is 1. The minimum atomic E-state index is -0.254. The van der Waals surface area contributed by atoms with Gasteiger partial charge < -0.3 is 10.2 Å². The number of amides is 2. The maximum atomic E-state index is 12.2. The molecule has 6 nitrogen and oxygen atoms in total. The quantitative estimate of drug-likeness (QED) is 0.571. The van der Waals surface area contributed by atoms with Crippen molar-refractivity contribution in [1.82, 2.24) is 14.9 Å². The predicted octanol–water partition coefficient (Wildman–Crippen LogP) is 3.05. The highest BCUT2D eigenvalue weighted by Gasteiger charge is 2.15. The summed E-state index contributed by atoms with van der Waals surface area (Å²) in [4.78, 5) is 34.3. The number of thioether (sulfide) groups is 1. The lowest BCUT2D eigenvalue weighted by Gasteiger charge is -2.17. The molecule has 2 rings (SSSR count). The molecule has 2 amide bonds. The topological polar surface area (TPSA) is 75.2 Å². The Morgan fingerprint density at radius 2 is 1.84 bits per heavy atom. The Balaban J connectivity index is 1.85. The van der Waals surface area contributed by atoms with Crippen LogP contribution in [0.3, 0.4) is 0 Å². The van der Waals surface area contributed by atoms with Crippen molar-refractivity contribution in [2.45, 2.75) is 19.0 Å². The second-order valence-corrected chi connectivity index (χ2v) is 7.30. The highest BCUT2D eigenvalue weighted by Crippen LogP contribution is 2.21. The summed E-state index contributed by atoms with van der Waals surface area (Å²) < 4.78 is 0.792. The van der Waals surface area contributed by atoms with E-state index < -0.39 is 0 Å². The maximum absolute atomic E-state index is 12.2. The molecule has 0 radical (unpaired) electrons. The van der Waals surface area contributed by atoms with Gasteiger partial charge in [-0.15, -0.1) is 0 Å². The molecule has 0 bridgehead atoms. The maximum Gasteiger partial charge on any atom is 0.244 e. The third-order valence-electron chi connectivity index (χ3n) is 3.24. The first kappa shape index (κ1) is 19.4. The van der Waals surface area contributed by atoms with E-state index in [0.29, 0.717) is 10.8 Å². The molecule has 0 aliphatic carbocycles. The molecule has 25 heavy (non-hydrogen) atoms. The van der Waals surface area contributed by atoms with Gasteiger partial charge in [0.2, 0.25) is 11.8 Å². The standard InChI is InChI=1S/C17H19BrN4O2S/c1-11-8-12(2)20-17(19-11)25-10-16(24)22(3)9-15(23)21-14-7-5-4-6-13(14)18/h4-8H,9-10H2,1-3H3,(H,21,23). The zero-order valence-electron chi connectivity index (χ0n) is 14.2. The van der Waals surface area contributed by atoms with Gasteiger partial charge in [-0.2, -0.15) is 0 Å². The molecule has 1 aromatic heterocycles. The Kier molecular flexibility index (Phi) is 6.95. The first-order valence-corrected chi connectivity index (χ1v) is 9.36. The van der Waals surface area contributed by atoms with Crippen LogP contribution < -0.4 is 5.32 Å². The minimum absolute atomic E-state index is 0.0194. The molecule has 1 heterocycles. The summed E-state index contributed by atoms with van der Waals surface area (Å²) in [6.45, 7) is 3.76. The summed E-state index contributed by atoms with van der Waals surface area (Å²) in [5.74, 6) is -0.229. The molecule has 1 aromatic carbocycles. The van der Waals surface area contributed by atoms with E-state index in [0.717, 1.165) is 15.9 Å². The smallest absolute Gasteiger partial charge is 0.244 e. The number of anilines is 1. The Bertz CT molecular complexity index is 765. The van der Waals surface area contributed by atoms with E-state index in [1.807, 2.05) is 38.1 Å². The fourth-order valence-corrected chi connectivity index (χ4v) is 3.32. The molecule has 0 spiro atoms. The molecular weight excluding hydrogens is 404 g/mol. The molecule has 0 aliphatic heterocycles. The van der Waals surface area contributed by atoms with Gasteiger partial charge in [-0.3, -0.25) is 9.59 Å². The van der Waals surface area contributed by atoms with Gasteiger partial charge in [-0.05, 0) is 48.0 Å². The Hall–Kier alpha value is -1.93. The second-order valence-electron chi connectivity index (χ2n) is 5.50. The molecule has 0 unspecified atom stereocenters. The van der Waals surface area contributed by atoms with Crippen molar-refractivity contribution < 1.29 is 9.59 Å². The van der Waals surface area contributed by atoms with Crippen LogP contribution in [0.2, 0.25) is 0 Å². The summed E-state index contributed by atoms with van der Waals surface area (Å²) in [5.41, 5.74) is 2.40. The van der Waals surface area contributed by atoms with Crippen LogP contribution >= 0.6 is 27.7 Å². The molecule has 1 N–H and O–H groups in total. The zero-order chi connectivity index (χ0) is 18.4. The van der Waals surface area contributed by atoms with E-state index in [-0.39, 0.29) is 24.1 Å². The summed E-state index contributed by atoms with van der Waals surface area (Å²) in [5, 5.41) is 3.34. The van der Waals surface area contributed by atoms with Crippen molar-refractivity contribution in [2.75, 3.05) is 24.7 Å². The summed E-state index contributed by atoms with van der Waals surface area (Å²) >= 11 is 4.64. The Morgan fingerprint density at radius 3 is 2.48 bits per heavy atom. The number of hydrogen-bond acceptors (Lipinski definition) is 5. The lowest BCUT2D eigenvalue weighted by molar-refractivity contribution is -0.131. The van der Waals surface area contributed by atoms with Crippen LogP contribution in [0.1, 0.15) is 11.4 Å². The number of halogens is 1. The molecule has 8 heteroatoms. The van der Waals surface area contributed by atoms with Crippen LogP contribution in [0.25, 0.3) is 0 Å². The average Bonchev–Trinajstić information content (AvgIpc) is 2.53. The number of aromatic nitrogens is 2. The summed E-state index contributed by atoms with van der Waals surface area (Å²) in [6.07, 6.45) is 0. The normalized spacial score (nSPS) is 10.4. The van der Waals surface area contributed by atoms with E-state index in [1.165, 1.54) is 16.7 Å². The zero-order valence-corrected chi connectivity index (χ0v) is 16.6. The fraction of sp³-hybridized carbons (Fsp3) is 0.294. The number of hydrogen-bond donors (Lipinski definition) is 1. The second kappa shape index (κ2) is 8.96. The van der Waals surface area contributed by atoms with Crippen molar-refractivity contribution in [3.05, 3.63) is 46.2 Å². The summed E-state index contributed by atoms with van der Waals surface area (Å²) in [6, 6.07) is 9.20. The van der Waals surface area contributed by atoms with E-state index in [9.17, 15) is 9.59 Å². The average molecular weight is 423 g/mol. The van der Waals surface area contributed by atoms with Gasteiger partial charge in [0, 0.05) is 22.9 Å². The van der Waals surface area contributed by atoms with Crippen LogP contribution in [-0.2, 0) is 9.59 Å². The lowest BCUT2D eigenvalue weighted by Crippen LogP contribution is -2.36. The van der Waals surface area contributed by atoms with Crippen LogP contribution in [0.5, 0.6) is 0 Å². The monoisotopic (exact) mass is 422 g/mol. The third kappa shape index (κ3) is 6.13. The van der Waals surface area contributed by atoms with Gasteiger partial charge in [-0.1, -0.05) is 23.9 Å². The minimum Gasteiger partial charge on any atom is -0.336 e. The largest absolute Gasteiger partial charge is 0.336 e. The van der Waals surface area contributed by atoms with E-state index in [4.69, 9.17) is 0 Å². The van der Waals surface area contributed by atoms with Crippen LogP contribution in [0.15, 0.2) is 40.0 Å². The van der Waals surface area contributed by atoms with Gasteiger partial charge in [0.1, 0.15) is 0 Å². The fourth-order valence-electron chi connectivity index (χ4n) is 2.05. The van der Waals surface area contributed by atoms with E-state index in [2.05, 4.69) is 31.2 Å². The number of nitrogens with one attached hydrogen (secondary N) is 1. The molecule has 0 fully saturated rings. The molecule has 0 aliphatic rings. The Labute approximate surface area is 159 Å². The Morgan fingerprint density at radius 1 is 1.20 bits per heavy atom. The molecule has 2 aromatic rings. The first-order chi connectivity index (χ1) is 11.8. The van der Waals surface area contributed by atoms with E-state index in [1.54, 1.807) is 13.1 Å². The lowest BCUT2D eigenvalue weighted by atomic mass is 10.3. The van der Waals surface area contributed by atoms with Gasteiger partial charge in [0.25, 0.3) is 0 Å². The number of para-hydroxylation sites is 1. The van der Waals surface area contributed by atoms with Crippen molar-refractivity contribution in [1.29, 1.82) is 0 Å². The molecular formula is C17H19BrN4O2S. The van der Waals surface area contributed by atoms with Crippen molar-refractivity contribution in [2.24, 2.45) is 0 Å². The highest BCUT2D eigenvalue weighted by molar-refractivity contribution is 9.10. The molecule has 0 saturated carbocycles. The number of rotatable bonds is 6. The van der Waals surface area contributed by atoms with Crippen molar-refractivity contribution in [3.63, 3.8) is 0 Å². The third-order valence-corrected chi connectivity index (χ3v) is 4.76. The number of carbonyl (C=O) groups excluding carboxylic acids is 2. The number of aryl methyl sites for hydroxylation is 2. The number of nitrogens with zero attached hydrogens (tertiary/aromatic N) is 3. The molecule has 0 atom stereocenters. The summed E-state index contributed by atoms with van der Waals surface area (Å²) in [7, 11) is 1.60. The molecule has 132 valence electrons. The van der Waals surface area contributed by atoms with Crippen molar-refractivity contribution in [3.8, 4) is 0 Å². The van der Waals surface area contributed by atoms with Crippen LogP contribution in [-0.4, -0.2) is 46.0 Å². The first-order valence-electron chi connectivity index (χ1n) is 7.58. The van der Waals surface area contributed by atoms with Crippen molar-refractivity contribution >= 4 is 45.2 Å². The number of benzene rings is 1. The number of carbonyl (C=O) groups is 2. The molecule has 0 saturated heterocycles. The van der Waals surface area contributed by atoms with Crippen LogP contribution in [0, 0.1) is 13.8 Å². The van der Waals surface area contributed by atoms with Gasteiger partial charge in [-0.25, -0.2) is 9.97 Å². The predicted molar refractivity (Wildman–Crippen MR) is 103 cm³/mol. The SMILES string of the molecule is Cc1cc(C)nc(SCC(=O)N(C)CC(=O)Nc2ccccc2Br)n1. The van der Waals surface area contributed by atoms with E-state index >= 15 is 0 Å². The van der Waals surface area contributed by atoms with Gasteiger partial charge in [0.15, 0.2) is 5.16 Å². The van der Waals surface area contributed by atoms with Gasteiger partial charge >= 0.3 is 0 Å².